The second-order valence-corrected chi connectivity index (χ2v) is 7.51. The van der Waals surface area contributed by atoms with Crippen molar-refractivity contribution < 1.29 is 13.9 Å². The van der Waals surface area contributed by atoms with Gasteiger partial charge < -0.3 is 9.15 Å². The largest absolute Gasteiger partial charge is 0.481 e. The van der Waals surface area contributed by atoms with Gasteiger partial charge in [0.05, 0.1) is 11.2 Å². The van der Waals surface area contributed by atoms with Crippen molar-refractivity contribution in [2.24, 2.45) is 5.10 Å². The van der Waals surface area contributed by atoms with Crippen molar-refractivity contribution in [3.05, 3.63) is 82.1 Å². The van der Waals surface area contributed by atoms with Crippen LogP contribution < -0.4 is 10.2 Å². The second kappa shape index (κ2) is 9.11. The van der Waals surface area contributed by atoms with Crippen LogP contribution in [-0.2, 0) is 4.79 Å². The molecule has 2 heterocycles. The van der Waals surface area contributed by atoms with Gasteiger partial charge >= 0.3 is 0 Å². The first-order chi connectivity index (χ1) is 14.6. The zero-order chi connectivity index (χ0) is 20.9. The average Bonchev–Trinajstić information content (AvgIpc) is 3.23. The standard InChI is InChI=1S/C22H15BrClN3O3/c23-17-8-6-15(11-18(17)24)19-9-7-16(30-19)12-26-27-21(28)13-29-20-5-1-3-14-4-2-10-25-22(14)20/h1-12H,13H2,(H,27,28)/b26-12+. The van der Waals surface area contributed by atoms with E-state index in [9.17, 15) is 4.79 Å². The molecular weight excluding hydrogens is 470 g/mol. The van der Waals surface area contributed by atoms with E-state index in [1.807, 2.05) is 36.4 Å². The minimum absolute atomic E-state index is 0.187. The highest BCUT2D eigenvalue weighted by Gasteiger charge is 2.08. The number of carbonyl (C=O) groups is 1. The number of halogens is 2. The van der Waals surface area contributed by atoms with Gasteiger partial charge in [-0.3, -0.25) is 9.78 Å². The number of hydrogen-bond donors (Lipinski definition) is 1. The summed E-state index contributed by atoms with van der Waals surface area (Å²) >= 11 is 9.47. The first-order valence-corrected chi connectivity index (χ1v) is 10.1. The number of amides is 1. The lowest BCUT2D eigenvalue weighted by molar-refractivity contribution is -0.123. The van der Waals surface area contributed by atoms with Crippen LogP contribution >= 0.6 is 27.5 Å². The van der Waals surface area contributed by atoms with E-state index in [-0.39, 0.29) is 6.61 Å². The van der Waals surface area contributed by atoms with Crippen molar-refractivity contribution in [2.45, 2.75) is 0 Å². The number of hydrogen-bond acceptors (Lipinski definition) is 5. The molecule has 0 unspecified atom stereocenters. The molecular formula is C22H15BrClN3O3. The van der Waals surface area contributed by atoms with Crippen LogP contribution in [0.4, 0.5) is 0 Å². The molecule has 6 nitrogen and oxygen atoms in total. The number of benzene rings is 2. The molecule has 4 aromatic rings. The minimum Gasteiger partial charge on any atom is -0.481 e. The van der Waals surface area contributed by atoms with E-state index in [2.05, 4.69) is 31.4 Å². The third-order valence-corrected chi connectivity index (χ3v) is 5.40. The highest BCUT2D eigenvalue weighted by Crippen LogP contribution is 2.29. The van der Waals surface area contributed by atoms with Crippen molar-refractivity contribution in [3.8, 4) is 17.1 Å². The fourth-order valence-corrected chi connectivity index (χ4v) is 3.19. The van der Waals surface area contributed by atoms with Gasteiger partial charge in [-0.25, -0.2) is 5.43 Å². The number of pyridine rings is 1. The van der Waals surface area contributed by atoms with E-state index in [1.165, 1.54) is 6.21 Å². The van der Waals surface area contributed by atoms with E-state index in [4.69, 9.17) is 20.8 Å². The van der Waals surface area contributed by atoms with Gasteiger partial charge in [0.2, 0.25) is 0 Å². The summed E-state index contributed by atoms with van der Waals surface area (Å²) in [5.74, 6) is 1.27. The Kier molecular flexibility index (Phi) is 6.11. The third-order valence-electron chi connectivity index (χ3n) is 4.17. The second-order valence-electron chi connectivity index (χ2n) is 6.24. The monoisotopic (exact) mass is 483 g/mol. The maximum Gasteiger partial charge on any atom is 0.277 e. The number of furan rings is 1. The molecule has 1 N–H and O–H groups in total. The van der Waals surface area contributed by atoms with Gasteiger partial charge in [-0.1, -0.05) is 35.9 Å². The van der Waals surface area contributed by atoms with Crippen LogP contribution in [0, 0.1) is 0 Å². The lowest BCUT2D eigenvalue weighted by atomic mass is 10.2. The first-order valence-electron chi connectivity index (χ1n) is 8.94. The smallest absolute Gasteiger partial charge is 0.277 e. The van der Waals surface area contributed by atoms with E-state index in [0.29, 0.717) is 27.8 Å². The van der Waals surface area contributed by atoms with E-state index in [1.54, 1.807) is 30.5 Å². The van der Waals surface area contributed by atoms with Crippen molar-refractivity contribution in [3.63, 3.8) is 0 Å². The molecule has 2 aromatic carbocycles. The van der Waals surface area contributed by atoms with E-state index < -0.39 is 5.91 Å². The Labute approximate surface area is 185 Å². The topological polar surface area (TPSA) is 76.7 Å². The summed E-state index contributed by atoms with van der Waals surface area (Å²) in [6.07, 6.45) is 3.10. The average molecular weight is 485 g/mol. The molecule has 0 radical (unpaired) electrons. The number of rotatable bonds is 6. The van der Waals surface area contributed by atoms with E-state index >= 15 is 0 Å². The lowest BCUT2D eigenvalue weighted by Crippen LogP contribution is -2.24. The van der Waals surface area contributed by atoms with Gasteiger partial charge in [-0.15, -0.1) is 0 Å². The molecule has 0 aliphatic rings. The Morgan fingerprint density at radius 1 is 1.20 bits per heavy atom. The Morgan fingerprint density at radius 2 is 2.07 bits per heavy atom. The van der Waals surface area contributed by atoms with Crippen LogP contribution in [0.15, 0.2) is 80.9 Å². The van der Waals surface area contributed by atoms with Crippen LogP contribution in [0.1, 0.15) is 5.76 Å². The van der Waals surface area contributed by atoms with Gasteiger partial charge in [0.1, 0.15) is 22.8 Å². The maximum absolute atomic E-state index is 12.0. The van der Waals surface area contributed by atoms with Crippen LogP contribution in [0.2, 0.25) is 5.02 Å². The van der Waals surface area contributed by atoms with Crippen LogP contribution in [0.3, 0.4) is 0 Å². The third kappa shape index (κ3) is 4.69. The van der Waals surface area contributed by atoms with Crippen molar-refractivity contribution in [1.82, 2.24) is 10.4 Å². The molecule has 150 valence electrons. The van der Waals surface area contributed by atoms with Crippen LogP contribution in [-0.4, -0.2) is 23.7 Å². The summed E-state index contributed by atoms with van der Waals surface area (Å²) in [5, 5.41) is 5.44. The summed E-state index contributed by atoms with van der Waals surface area (Å²) in [7, 11) is 0. The molecule has 0 spiro atoms. The fraction of sp³-hybridized carbons (Fsp3) is 0.0455. The number of aromatic nitrogens is 1. The van der Waals surface area contributed by atoms with Gasteiger partial charge in [0, 0.05) is 21.6 Å². The van der Waals surface area contributed by atoms with Crippen molar-refractivity contribution >= 4 is 50.6 Å². The first kappa shape index (κ1) is 20.1. The molecule has 0 aliphatic heterocycles. The maximum atomic E-state index is 12.0. The molecule has 0 aliphatic carbocycles. The number of para-hydroxylation sites is 1. The van der Waals surface area contributed by atoms with Crippen molar-refractivity contribution in [1.29, 1.82) is 0 Å². The Morgan fingerprint density at radius 3 is 2.93 bits per heavy atom. The molecule has 1 amide bonds. The van der Waals surface area contributed by atoms with Gasteiger partial charge in [0.15, 0.2) is 6.61 Å². The van der Waals surface area contributed by atoms with Gasteiger partial charge in [0.25, 0.3) is 5.91 Å². The molecule has 0 atom stereocenters. The highest BCUT2D eigenvalue weighted by atomic mass is 79.9. The number of nitrogens with zero attached hydrogens (tertiary/aromatic N) is 2. The molecule has 0 bridgehead atoms. The molecule has 2 aromatic heterocycles. The van der Waals surface area contributed by atoms with Crippen LogP contribution in [0.5, 0.6) is 5.75 Å². The summed E-state index contributed by atoms with van der Waals surface area (Å²) in [6.45, 7) is -0.187. The Hall–Kier alpha value is -3.16. The highest BCUT2D eigenvalue weighted by molar-refractivity contribution is 9.10. The minimum atomic E-state index is -0.398. The number of fused-ring (bicyclic) bond motifs is 1. The number of carbonyl (C=O) groups excluding carboxylic acids is 1. The zero-order valence-electron chi connectivity index (χ0n) is 15.5. The molecule has 0 saturated carbocycles. The van der Waals surface area contributed by atoms with Gasteiger partial charge in [-0.05, 0) is 52.3 Å². The molecule has 0 fully saturated rings. The normalized spacial score (nSPS) is 11.1. The quantitative estimate of drug-likeness (QED) is 0.292. The number of hydrazone groups is 1. The Balaban J connectivity index is 1.34. The predicted molar refractivity (Wildman–Crippen MR) is 120 cm³/mol. The summed E-state index contributed by atoms with van der Waals surface area (Å²) in [6, 6.07) is 18.4. The SMILES string of the molecule is O=C(COc1cccc2cccnc12)N/N=C/c1ccc(-c2ccc(Br)c(Cl)c2)o1. The zero-order valence-corrected chi connectivity index (χ0v) is 17.9. The lowest BCUT2D eigenvalue weighted by Gasteiger charge is -2.07. The van der Waals surface area contributed by atoms with Crippen LogP contribution in [0.25, 0.3) is 22.2 Å². The summed E-state index contributed by atoms with van der Waals surface area (Å²) in [5.41, 5.74) is 3.95. The summed E-state index contributed by atoms with van der Waals surface area (Å²) in [4.78, 5) is 16.3. The Bertz CT molecular complexity index is 1230. The number of nitrogens with one attached hydrogen (secondary N) is 1. The predicted octanol–water partition coefficient (Wildman–Crippen LogP) is 5.44. The number of ether oxygens (including phenoxy) is 1. The fourth-order valence-electron chi connectivity index (χ4n) is 2.76. The molecule has 30 heavy (non-hydrogen) atoms. The van der Waals surface area contributed by atoms with E-state index in [0.717, 1.165) is 15.4 Å². The molecule has 0 saturated heterocycles. The summed E-state index contributed by atoms with van der Waals surface area (Å²) < 4.78 is 12.1. The molecule has 8 heteroatoms. The van der Waals surface area contributed by atoms with Crippen molar-refractivity contribution in [2.75, 3.05) is 6.61 Å². The van der Waals surface area contributed by atoms with Gasteiger partial charge in [-0.2, -0.15) is 5.10 Å². The molecule has 4 rings (SSSR count).